The zero-order chi connectivity index (χ0) is 22.1. The van der Waals surface area contributed by atoms with Crippen molar-refractivity contribution in [2.75, 3.05) is 0 Å². The number of rotatable bonds is 5. The lowest BCUT2D eigenvalue weighted by Gasteiger charge is -2.12. The van der Waals surface area contributed by atoms with Crippen molar-refractivity contribution in [1.29, 1.82) is 0 Å². The van der Waals surface area contributed by atoms with Gasteiger partial charge in [-0.05, 0) is 48.2 Å². The van der Waals surface area contributed by atoms with Gasteiger partial charge in [-0.3, -0.25) is 14.5 Å². The normalized spacial score (nSPS) is 15.2. The van der Waals surface area contributed by atoms with E-state index in [0.717, 1.165) is 16.7 Å². The van der Waals surface area contributed by atoms with Gasteiger partial charge in [0.25, 0.3) is 11.1 Å². The number of thioether (sulfide) groups is 1. The van der Waals surface area contributed by atoms with Crippen LogP contribution in [-0.2, 0) is 11.3 Å². The first-order valence-corrected chi connectivity index (χ1v) is 10.1. The second kappa shape index (κ2) is 8.41. The van der Waals surface area contributed by atoms with E-state index >= 15 is 0 Å². The zero-order valence-electron chi connectivity index (χ0n) is 15.7. The predicted molar refractivity (Wildman–Crippen MR) is 114 cm³/mol. The summed E-state index contributed by atoms with van der Waals surface area (Å²) in [5, 5.41) is 8.81. The highest BCUT2D eigenvalue weighted by Crippen LogP contribution is 2.35. The molecule has 4 rings (SSSR count). The Bertz CT molecular complexity index is 1250. The summed E-state index contributed by atoms with van der Waals surface area (Å²) >= 11 is 6.62. The van der Waals surface area contributed by atoms with Crippen LogP contribution in [0.5, 0.6) is 0 Å². The van der Waals surface area contributed by atoms with Crippen molar-refractivity contribution in [2.24, 2.45) is 0 Å². The quantitative estimate of drug-likeness (QED) is 0.496. The third kappa shape index (κ3) is 4.26. The molecule has 1 aromatic heterocycles. The van der Waals surface area contributed by atoms with Crippen LogP contribution in [0.2, 0.25) is 5.02 Å². The van der Waals surface area contributed by atoms with Gasteiger partial charge in [0.05, 0.1) is 22.0 Å². The molecular weight excluding hydrogens is 445 g/mol. The summed E-state index contributed by atoms with van der Waals surface area (Å²) < 4.78 is 19.6. The second-order valence-corrected chi connectivity index (χ2v) is 7.96. The largest absolute Gasteiger partial charge is 0.478 e. The van der Waals surface area contributed by atoms with Crippen molar-refractivity contribution >= 4 is 46.6 Å². The summed E-state index contributed by atoms with van der Waals surface area (Å²) in [6.07, 6.45) is 1.42. The number of benzene rings is 2. The van der Waals surface area contributed by atoms with E-state index in [1.165, 1.54) is 36.4 Å². The summed E-state index contributed by atoms with van der Waals surface area (Å²) in [6.45, 7) is -0.166. The van der Waals surface area contributed by atoms with Gasteiger partial charge in [-0.25, -0.2) is 9.18 Å². The van der Waals surface area contributed by atoms with Crippen LogP contribution in [0.25, 0.3) is 17.4 Å². The lowest BCUT2D eigenvalue weighted by molar-refractivity contribution is -0.123. The number of hydrogen-bond acceptors (Lipinski definition) is 5. The summed E-state index contributed by atoms with van der Waals surface area (Å²) in [6, 6.07) is 13.6. The fourth-order valence-corrected chi connectivity index (χ4v) is 4.01. The van der Waals surface area contributed by atoms with E-state index in [-0.39, 0.29) is 27.6 Å². The number of amides is 2. The van der Waals surface area contributed by atoms with Crippen LogP contribution < -0.4 is 0 Å². The smallest absolute Gasteiger partial charge is 0.337 e. The molecule has 0 radical (unpaired) electrons. The van der Waals surface area contributed by atoms with Crippen LogP contribution in [0.1, 0.15) is 21.7 Å². The highest BCUT2D eigenvalue weighted by atomic mass is 35.5. The molecule has 1 N–H and O–H groups in total. The number of halogens is 2. The first-order chi connectivity index (χ1) is 14.8. The lowest BCUT2D eigenvalue weighted by Crippen LogP contribution is -2.27. The number of furan rings is 1. The third-order valence-electron chi connectivity index (χ3n) is 4.54. The van der Waals surface area contributed by atoms with Crippen LogP contribution in [0, 0.1) is 5.82 Å². The Morgan fingerprint density at radius 3 is 2.68 bits per heavy atom. The Hall–Kier alpha value is -3.36. The number of nitrogens with zero attached hydrogens (tertiary/aromatic N) is 1. The Labute approximate surface area is 184 Å². The van der Waals surface area contributed by atoms with Gasteiger partial charge in [0.1, 0.15) is 17.3 Å². The van der Waals surface area contributed by atoms with Gasteiger partial charge in [0.15, 0.2) is 0 Å². The van der Waals surface area contributed by atoms with Gasteiger partial charge in [0.2, 0.25) is 0 Å². The molecule has 0 bridgehead atoms. The average molecular weight is 458 g/mol. The monoisotopic (exact) mass is 457 g/mol. The number of hydrogen-bond donors (Lipinski definition) is 1. The van der Waals surface area contributed by atoms with Crippen molar-refractivity contribution in [3.8, 4) is 11.3 Å². The number of carbonyl (C=O) groups is 3. The Morgan fingerprint density at radius 2 is 1.94 bits per heavy atom. The van der Waals surface area contributed by atoms with Gasteiger partial charge in [-0.2, -0.15) is 0 Å². The molecule has 1 aliphatic rings. The molecule has 1 saturated heterocycles. The lowest BCUT2D eigenvalue weighted by atomic mass is 10.1. The first kappa shape index (κ1) is 20.9. The summed E-state index contributed by atoms with van der Waals surface area (Å²) in [5.41, 5.74) is 0.670. The van der Waals surface area contributed by atoms with E-state index in [9.17, 15) is 23.9 Å². The summed E-state index contributed by atoms with van der Waals surface area (Å²) in [7, 11) is 0. The van der Waals surface area contributed by atoms with Crippen molar-refractivity contribution < 1.29 is 28.3 Å². The van der Waals surface area contributed by atoms with Crippen LogP contribution >= 0.6 is 23.4 Å². The molecule has 0 saturated carbocycles. The van der Waals surface area contributed by atoms with Crippen LogP contribution in [0.15, 0.2) is 63.9 Å². The molecule has 2 aromatic carbocycles. The minimum atomic E-state index is -1.16. The third-order valence-corrected chi connectivity index (χ3v) is 5.78. The standard InChI is InChI=1S/C22H13ClFNO5S/c23-16-7-5-12(9-15(16)21(27)28)18-8-6-14(30-18)10-19-20(26)25(22(29)31-19)11-13-3-1-2-4-17(13)24/h1-10H,11H2,(H,27,28)/b19-10-. The molecule has 0 spiro atoms. The highest BCUT2D eigenvalue weighted by molar-refractivity contribution is 8.18. The van der Waals surface area contributed by atoms with Crippen molar-refractivity contribution in [1.82, 2.24) is 4.90 Å². The molecule has 6 nitrogen and oxygen atoms in total. The Morgan fingerprint density at radius 1 is 1.16 bits per heavy atom. The van der Waals surface area contributed by atoms with Gasteiger partial charge in [0, 0.05) is 17.2 Å². The molecule has 1 fully saturated rings. The molecular formula is C22H13ClFNO5S. The molecule has 31 heavy (non-hydrogen) atoms. The van der Waals surface area contributed by atoms with Crippen LogP contribution in [0.3, 0.4) is 0 Å². The van der Waals surface area contributed by atoms with Gasteiger partial charge in [-0.15, -0.1) is 0 Å². The SMILES string of the molecule is O=C(O)c1cc(-c2ccc(/C=C3\SC(=O)N(Cc4ccccc4F)C3=O)o2)ccc1Cl. The van der Waals surface area contributed by atoms with E-state index in [0.29, 0.717) is 17.1 Å². The highest BCUT2D eigenvalue weighted by Gasteiger charge is 2.35. The predicted octanol–water partition coefficient (Wildman–Crippen LogP) is 5.67. The van der Waals surface area contributed by atoms with Gasteiger partial charge >= 0.3 is 5.97 Å². The summed E-state index contributed by atoms with van der Waals surface area (Å²) in [5.74, 6) is -1.53. The van der Waals surface area contributed by atoms with Crippen molar-refractivity contribution in [3.63, 3.8) is 0 Å². The topological polar surface area (TPSA) is 87.8 Å². The molecule has 2 amide bonds. The first-order valence-electron chi connectivity index (χ1n) is 8.95. The average Bonchev–Trinajstić information content (AvgIpc) is 3.30. The van der Waals surface area contributed by atoms with Crippen LogP contribution in [0.4, 0.5) is 9.18 Å². The van der Waals surface area contributed by atoms with E-state index < -0.39 is 22.9 Å². The zero-order valence-corrected chi connectivity index (χ0v) is 17.2. The van der Waals surface area contributed by atoms with Gasteiger partial charge in [-0.1, -0.05) is 29.8 Å². The van der Waals surface area contributed by atoms with Crippen molar-refractivity contribution in [3.05, 3.63) is 87.2 Å². The number of aromatic carboxylic acids is 1. The molecule has 9 heteroatoms. The maximum atomic E-state index is 13.9. The maximum Gasteiger partial charge on any atom is 0.337 e. The fourth-order valence-electron chi connectivity index (χ4n) is 2.99. The number of carbonyl (C=O) groups excluding carboxylic acids is 2. The van der Waals surface area contributed by atoms with E-state index in [1.54, 1.807) is 24.3 Å². The molecule has 0 unspecified atom stereocenters. The molecule has 1 aliphatic heterocycles. The molecule has 156 valence electrons. The molecule has 2 heterocycles. The summed E-state index contributed by atoms with van der Waals surface area (Å²) in [4.78, 5) is 37.3. The molecule has 0 aliphatic carbocycles. The maximum absolute atomic E-state index is 13.9. The minimum Gasteiger partial charge on any atom is -0.478 e. The Balaban J connectivity index is 1.56. The van der Waals surface area contributed by atoms with E-state index in [1.807, 2.05) is 0 Å². The van der Waals surface area contributed by atoms with Crippen LogP contribution in [-0.4, -0.2) is 27.1 Å². The molecule has 3 aromatic rings. The van der Waals surface area contributed by atoms with Crippen molar-refractivity contribution in [2.45, 2.75) is 6.54 Å². The number of carboxylic acid groups (broad SMARTS) is 1. The molecule has 0 atom stereocenters. The Kier molecular flexibility index (Phi) is 5.67. The van der Waals surface area contributed by atoms with Gasteiger partial charge < -0.3 is 9.52 Å². The fraction of sp³-hybridized carbons (Fsp3) is 0.0455. The second-order valence-electron chi connectivity index (χ2n) is 6.56. The van der Waals surface area contributed by atoms with E-state index in [2.05, 4.69) is 0 Å². The number of carboxylic acids is 1. The van der Waals surface area contributed by atoms with E-state index in [4.69, 9.17) is 16.0 Å². The minimum absolute atomic E-state index is 0.0635. The number of imide groups is 1.